The monoisotopic (exact) mass is 588 g/mol. The zero-order chi connectivity index (χ0) is 30.3. The van der Waals surface area contributed by atoms with Gasteiger partial charge in [-0.3, -0.25) is 4.90 Å². The molecule has 42 heavy (non-hydrogen) atoms. The molecule has 1 aliphatic heterocycles. The molecule has 2 atom stereocenters. The van der Waals surface area contributed by atoms with Crippen LogP contribution in [-0.2, 0) is 38.5 Å². The summed E-state index contributed by atoms with van der Waals surface area (Å²) in [4.78, 5) is 44.2. The van der Waals surface area contributed by atoms with Crippen molar-refractivity contribution in [1.29, 1.82) is 0 Å². The van der Waals surface area contributed by atoms with Crippen molar-refractivity contribution < 1.29 is 38.1 Å². The number of esters is 1. The van der Waals surface area contributed by atoms with Gasteiger partial charge in [0.2, 0.25) is 0 Å². The highest BCUT2D eigenvalue weighted by atomic mass is 19.1. The molecule has 1 aromatic carbocycles. The van der Waals surface area contributed by atoms with Gasteiger partial charge >= 0.3 is 18.2 Å². The molecule has 0 unspecified atom stereocenters. The van der Waals surface area contributed by atoms with E-state index in [2.05, 4.69) is 10.3 Å². The summed E-state index contributed by atoms with van der Waals surface area (Å²) in [6, 6.07) is 12.1. The summed E-state index contributed by atoms with van der Waals surface area (Å²) in [5, 5.41) is 12.1. The Balaban J connectivity index is 1.53. The van der Waals surface area contributed by atoms with Crippen LogP contribution in [0.25, 0.3) is 0 Å². The Hall–Kier alpha value is -3.77. The molecule has 0 bridgehead atoms. The summed E-state index contributed by atoms with van der Waals surface area (Å²) >= 11 is 0. The number of unbranched alkanes of at least 4 members (excludes halogenated alkanes) is 1. The largest absolute Gasteiger partial charge is 0.467 e. The number of benzene rings is 1. The number of carbonyl (C=O) groups is 3. The van der Waals surface area contributed by atoms with E-state index in [0.29, 0.717) is 31.9 Å². The second-order valence-corrected chi connectivity index (χ2v) is 10.2. The Kier molecular flexibility index (Phi) is 13.4. The summed E-state index contributed by atoms with van der Waals surface area (Å²) in [7, 11) is 2.68. The Morgan fingerprint density at radius 2 is 1.90 bits per heavy atom. The number of carbonyl (C=O) groups excluding carboxylic acids is 2. The molecule has 12 heteroatoms. The Labute approximate surface area is 245 Å². The third-order valence-corrected chi connectivity index (χ3v) is 7.01. The zero-order valence-electron chi connectivity index (χ0n) is 24.3. The van der Waals surface area contributed by atoms with Crippen molar-refractivity contribution >= 4 is 24.0 Å². The maximum Gasteiger partial charge on any atom is 0.413 e. The van der Waals surface area contributed by atoms with E-state index in [0.717, 1.165) is 42.5 Å². The second kappa shape index (κ2) is 17.2. The van der Waals surface area contributed by atoms with Crippen LogP contribution in [0.15, 0.2) is 42.5 Å². The van der Waals surface area contributed by atoms with Gasteiger partial charge in [0.25, 0.3) is 0 Å². The fraction of sp³-hybridized carbons (Fsp3) is 0.533. The summed E-state index contributed by atoms with van der Waals surface area (Å²) < 4.78 is 29.6. The number of methoxy groups -OCH3 is 2. The highest BCUT2D eigenvalue weighted by Gasteiger charge is 2.25. The molecule has 1 aliphatic rings. The SMILES string of the molecule is COC[C@@H](F)CN(CCCCc1ccc2c(n1)N(C(=O)O)CCC2)CC[C@H](NC(=O)OCc1ccccc1)C(=O)OC. The third-order valence-electron chi connectivity index (χ3n) is 7.01. The Morgan fingerprint density at radius 3 is 2.62 bits per heavy atom. The van der Waals surface area contributed by atoms with Gasteiger partial charge in [0, 0.05) is 32.4 Å². The van der Waals surface area contributed by atoms with Crippen LogP contribution in [0.2, 0.25) is 0 Å². The molecule has 3 rings (SSSR count). The van der Waals surface area contributed by atoms with Crippen molar-refractivity contribution in [2.75, 3.05) is 51.9 Å². The molecule has 2 aromatic rings. The highest BCUT2D eigenvalue weighted by molar-refractivity contribution is 5.86. The number of nitrogens with zero attached hydrogens (tertiary/aromatic N) is 3. The normalized spacial score (nSPS) is 14.1. The minimum absolute atomic E-state index is 0.0554. The van der Waals surface area contributed by atoms with Gasteiger partial charge in [-0.25, -0.2) is 23.8 Å². The molecule has 2 heterocycles. The van der Waals surface area contributed by atoms with Crippen LogP contribution in [-0.4, -0.2) is 92.4 Å². The van der Waals surface area contributed by atoms with E-state index in [9.17, 15) is 23.9 Å². The first-order valence-electron chi connectivity index (χ1n) is 14.2. The molecule has 0 fully saturated rings. The van der Waals surface area contributed by atoms with Crippen molar-refractivity contribution in [2.45, 2.75) is 57.3 Å². The van der Waals surface area contributed by atoms with E-state index in [4.69, 9.17) is 14.2 Å². The number of ether oxygens (including phenoxy) is 3. The number of halogens is 1. The molecule has 0 aliphatic carbocycles. The van der Waals surface area contributed by atoms with E-state index in [1.807, 2.05) is 47.4 Å². The number of hydrogen-bond acceptors (Lipinski definition) is 8. The van der Waals surface area contributed by atoms with E-state index in [-0.39, 0.29) is 26.2 Å². The summed E-state index contributed by atoms with van der Waals surface area (Å²) in [5.41, 5.74) is 2.55. The predicted molar refractivity (Wildman–Crippen MR) is 154 cm³/mol. The van der Waals surface area contributed by atoms with Crippen molar-refractivity contribution in [3.63, 3.8) is 0 Å². The summed E-state index contributed by atoms with van der Waals surface area (Å²) in [6.07, 6.45) is 0.919. The van der Waals surface area contributed by atoms with E-state index in [1.54, 1.807) is 0 Å². The number of aromatic nitrogens is 1. The smallest absolute Gasteiger partial charge is 0.413 e. The lowest BCUT2D eigenvalue weighted by molar-refractivity contribution is -0.143. The van der Waals surface area contributed by atoms with E-state index in [1.165, 1.54) is 19.1 Å². The fourth-order valence-electron chi connectivity index (χ4n) is 4.86. The number of aryl methyl sites for hydroxylation is 2. The number of anilines is 1. The van der Waals surface area contributed by atoms with E-state index >= 15 is 0 Å². The van der Waals surface area contributed by atoms with Crippen LogP contribution < -0.4 is 10.2 Å². The number of alkyl carbamates (subject to hydrolysis) is 1. The van der Waals surface area contributed by atoms with Gasteiger partial charge in [0.15, 0.2) is 0 Å². The lowest BCUT2D eigenvalue weighted by Gasteiger charge is -2.26. The Bertz CT molecular complexity index is 1150. The zero-order valence-corrected chi connectivity index (χ0v) is 24.3. The molecular formula is C30H41FN4O7. The number of hydrogen-bond donors (Lipinski definition) is 2. The molecule has 2 amide bonds. The van der Waals surface area contributed by atoms with Gasteiger partial charge in [-0.05, 0) is 62.3 Å². The minimum Gasteiger partial charge on any atom is -0.467 e. The third kappa shape index (κ3) is 10.6. The number of pyridine rings is 1. The number of fused-ring (bicyclic) bond motifs is 1. The molecule has 0 spiro atoms. The molecule has 0 radical (unpaired) electrons. The van der Waals surface area contributed by atoms with Crippen molar-refractivity contribution in [3.8, 4) is 0 Å². The van der Waals surface area contributed by atoms with Crippen LogP contribution in [0.4, 0.5) is 19.8 Å². The molecule has 1 aromatic heterocycles. The summed E-state index contributed by atoms with van der Waals surface area (Å²) in [5.74, 6) is -0.106. The van der Waals surface area contributed by atoms with Gasteiger partial charge in [-0.1, -0.05) is 36.4 Å². The van der Waals surface area contributed by atoms with Gasteiger partial charge in [0.05, 0.1) is 13.7 Å². The van der Waals surface area contributed by atoms with Crippen LogP contribution in [0, 0.1) is 0 Å². The highest BCUT2D eigenvalue weighted by Crippen LogP contribution is 2.25. The fourth-order valence-corrected chi connectivity index (χ4v) is 4.86. The first-order valence-corrected chi connectivity index (χ1v) is 14.2. The van der Waals surface area contributed by atoms with Gasteiger partial charge < -0.3 is 29.5 Å². The molecule has 2 N–H and O–H groups in total. The maximum absolute atomic E-state index is 14.5. The molecule has 230 valence electrons. The summed E-state index contributed by atoms with van der Waals surface area (Å²) in [6.45, 7) is 1.41. The Morgan fingerprint density at radius 1 is 1.12 bits per heavy atom. The molecule has 0 saturated heterocycles. The van der Waals surface area contributed by atoms with Crippen LogP contribution in [0.1, 0.15) is 42.5 Å². The molecule has 0 saturated carbocycles. The van der Waals surface area contributed by atoms with Gasteiger partial charge in [-0.2, -0.15) is 0 Å². The van der Waals surface area contributed by atoms with Gasteiger partial charge in [0.1, 0.15) is 24.6 Å². The first-order chi connectivity index (χ1) is 20.3. The lowest BCUT2D eigenvalue weighted by atomic mass is 10.0. The predicted octanol–water partition coefficient (Wildman–Crippen LogP) is 3.98. The minimum atomic E-state index is -1.22. The lowest BCUT2D eigenvalue weighted by Crippen LogP contribution is -2.45. The number of nitrogens with one attached hydrogen (secondary N) is 1. The van der Waals surface area contributed by atoms with Crippen LogP contribution in [0.3, 0.4) is 0 Å². The van der Waals surface area contributed by atoms with Crippen molar-refractivity contribution in [1.82, 2.24) is 15.2 Å². The maximum atomic E-state index is 14.5. The number of carboxylic acid groups (broad SMARTS) is 1. The topological polar surface area (TPSA) is 131 Å². The molecule has 11 nitrogen and oxygen atoms in total. The average Bonchev–Trinajstić information content (AvgIpc) is 2.99. The van der Waals surface area contributed by atoms with E-state index < -0.39 is 30.4 Å². The number of alkyl halides is 1. The molecular weight excluding hydrogens is 547 g/mol. The van der Waals surface area contributed by atoms with Crippen molar-refractivity contribution in [2.24, 2.45) is 0 Å². The van der Waals surface area contributed by atoms with Crippen molar-refractivity contribution in [3.05, 3.63) is 59.3 Å². The number of rotatable bonds is 16. The quantitative estimate of drug-likeness (QED) is 0.221. The average molecular weight is 589 g/mol. The second-order valence-electron chi connectivity index (χ2n) is 10.2. The van der Waals surface area contributed by atoms with Crippen LogP contribution in [0.5, 0.6) is 0 Å². The number of amides is 2. The van der Waals surface area contributed by atoms with Crippen LogP contribution >= 0.6 is 0 Å². The first kappa shape index (κ1) is 32.7. The standard InChI is InChI=1S/C30H41FN4O7/c1-40-21-24(31)19-34(16-7-6-12-25-14-13-23-11-8-17-35(30(38)39)27(23)32-25)18-15-26(28(36)41-2)33-29(37)42-20-22-9-4-3-5-10-22/h3-5,9-10,13-14,24,26H,6-8,11-12,15-21H2,1-2H3,(H,33,37)(H,38,39)/t24-,26-/m0/s1. The van der Waals surface area contributed by atoms with Gasteiger partial charge in [-0.15, -0.1) is 0 Å².